The number of ether oxygens (including phenoxy) is 1. The van der Waals surface area contributed by atoms with Crippen molar-refractivity contribution in [2.24, 2.45) is 4.99 Å². The quantitative estimate of drug-likeness (QED) is 0.775. The largest absolute Gasteiger partial charge is 0.464 e. The van der Waals surface area contributed by atoms with E-state index in [2.05, 4.69) is 4.99 Å². The summed E-state index contributed by atoms with van der Waals surface area (Å²) in [4.78, 5) is 30.3. The summed E-state index contributed by atoms with van der Waals surface area (Å²) in [6.45, 7) is 3.05. The SMILES string of the molecule is CCOC(=O)C(C)N1C(=O)CN=C(c2ccccc2F)c2cc(F)ccc21. The number of carbonyl (C=O) groups is 2. The first-order chi connectivity index (χ1) is 12.9. The Morgan fingerprint density at radius 3 is 2.67 bits per heavy atom. The molecular weight excluding hydrogens is 354 g/mol. The molecule has 0 N–H and O–H groups in total. The van der Waals surface area contributed by atoms with Gasteiger partial charge in [0.1, 0.15) is 24.2 Å². The molecule has 1 atom stereocenters. The second kappa shape index (κ2) is 7.65. The van der Waals surface area contributed by atoms with Crippen LogP contribution in [0.5, 0.6) is 0 Å². The Balaban J connectivity index is 2.17. The minimum Gasteiger partial charge on any atom is -0.464 e. The highest BCUT2D eigenvalue weighted by Gasteiger charge is 2.33. The van der Waals surface area contributed by atoms with Gasteiger partial charge in [-0.15, -0.1) is 0 Å². The Kier molecular flexibility index (Phi) is 5.30. The molecule has 0 radical (unpaired) electrons. The number of benzodiazepines with no additional fused rings is 1. The first kappa shape index (κ1) is 18.7. The van der Waals surface area contributed by atoms with E-state index < -0.39 is 29.6 Å². The average molecular weight is 372 g/mol. The molecule has 0 aliphatic carbocycles. The van der Waals surface area contributed by atoms with Crippen LogP contribution in [0, 0.1) is 11.6 Å². The lowest BCUT2D eigenvalue weighted by atomic mass is 9.99. The highest BCUT2D eigenvalue weighted by atomic mass is 19.1. The van der Waals surface area contributed by atoms with Crippen LogP contribution in [0.25, 0.3) is 0 Å². The van der Waals surface area contributed by atoms with Gasteiger partial charge in [-0.25, -0.2) is 13.6 Å². The van der Waals surface area contributed by atoms with Crippen LogP contribution in [0.4, 0.5) is 14.5 Å². The lowest BCUT2D eigenvalue weighted by Gasteiger charge is -2.28. The van der Waals surface area contributed by atoms with Gasteiger partial charge in [0, 0.05) is 11.1 Å². The number of aliphatic imine (C=N–C) groups is 1. The van der Waals surface area contributed by atoms with Crippen molar-refractivity contribution in [1.82, 2.24) is 0 Å². The van der Waals surface area contributed by atoms with E-state index in [9.17, 15) is 18.4 Å². The third-order valence-electron chi connectivity index (χ3n) is 4.26. The predicted octanol–water partition coefficient (Wildman–Crippen LogP) is 3.10. The summed E-state index contributed by atoms with van der Waals surface area (Å²) in [5.74, 6) is -2.15. The first-order valence-corrected chi connectivity index (χ1v) is 8.52. The van der Waals surface area contributed by atoms with E-state index in [0.29, 0.717) is 0 Å². The van der Waals surface area contributed by atoms with E-state index in [0.717, 1.165) is 0 Å². The van der Waals surface area contributed by atoms with Crippen molar-refractivity contribution in [3.05, 3.63) is 65.2 Å². The molecule has 1 amide bonds. The predicted molar refractivity (Wildman–Crippen MR) is 96.9 cm³/mol. The average Bonchev–Trinajstić information content (AvgIpc) is 2.78. The molecule has 0 spiro atoms. The van der Waals surface area contributed by atoms with Gasteiger partial charge in [-0.05, 0) is 44.2 Å². The second-order valence-corrected chi connectivity index (χ2v) is 6.00. The number of benzene rings is 2. The summed E-state index contributed by atoms with van der Waals surface area (Å²) in [6, 6.07) is 8.76. The summed E-state index contributed by atoms with van der Waals surface area (Å²) in [6.07, 6.45) is 0. The zero-order valence-electron chi connectivity index (χ0n) is 14.9. The van der Waals surface area contributed by atoms with Gasteiger partial charge >= 0.3 is 5.97 Å². The molecule has 0 saturated carbocycles. The molecule has 1 heterocycles. The second-order valence-electron chi connectivity index (χ2n) is 6.00. The maximum atomic E-state index is 14.3. The molecule has 27 heavy (non-hydrogen) atoms. The number of nitrogens with zero attached hydrogens (tertiary/aromatic N) is 2. The van der Waals surface area contributed by atoms with E-state index in [1.54, 1.807) is 13.0 Å². The third-order valence-corrected chi connectivity index (χ3v) is 4.26. The molecule has 2 aromatic rings. The number of carbonyl (C=O) groups excluding carboxylic acids is 2. The van der Waals surface area contributed by atoms with Crippen LogP contribution in [-0.2, 0) is 14.3 Å². The van der Waals surface area contributed by atoms with Crippen LogP contribution in [0.3, 0.4) is 0 Å². The standard InChI is InChI=1S/C20H18F2N2O3/c1-3-27-20(26)12(2)24-17-9-8-13(21)10-15(17)19(23-11-18(24)25)14-6-4-5-7-16(14)22/h4-10,12H,3,11H2,1-2H3. The normalized spacial score (nSPS) is 14.9. The molecule has 0 saturated heterocycles. The zero-order valence-corrected chi connectivity index (χ0v) is 14.9. The van der Waals surface area contributed by atoms with Gasteiger partial charge in [-0.3, -0.25) is 14.7 Å². The lowest BCUT2D eigenvalue weighted by molar-refractivity contribution is -0.145. The van der Waals surface area contributed by atoms with Crippen LogP contribution in [0.15, 0.2) is 47.5 Å². The molecule has 2 aromatic carbocycles. The van der Waals surface area contributed by atoms with Crippen molar-refractivity contribution in [1.29, 1.82) is 0 Å². The van der Waals surface area contributed by atoms with Crippen LogP contribution in [-0.4, -0.2) is 36.8 Å². The molecular formula is C20H18F2N2O3. The Hall–Kier alpha value is -3.09. The van der Waals surface area contributed by atoms with Gasteiger partial charge in [-0.1, -0.05) is 12.1 Å². The Bertz CT molecular complexity index is 927. The number of fused-ring (bicyclic) bond motifs is 1. The summed E-state index contributed by atoms with van der Waals surface area (Å²) >= 11 is 0. The topological polar surface area (TPSA) is 59.0 Å². The molecule has 1 aliphatic heterocycles. The molecule has 1 aliphatic rings. The summed E-state index contributed by atoms with van der Waals surface area (Å²) < 4.78 is 33.3. The van der Waals surface area contributed by atoms with Gasteiger partial charge in [0.05, 0.1) is 18.0 Å². The maximum Gasteiger partial charge on any atom is 0.328 e. The monoisotopic (exact) mass is 372 g/mol. The van der Waals surface area contributed by atoms with Gasteiger partial charge in [0.25, 0.3) is 0 Å². The molecule has 1 unspecified atom stereocenters. The maximum absolute atomic E-state index is 14.3. The van der Waals surface area contributed by atoms with Gasteiger partial charge < -0.3 is 4.74 Å². The lowest BCUT2D eigenvalue weighted by Crippen LogP contribution is -2.45. The fourth-order valence-corrected chi connectivity index (χ4v) is 3.03. The van der Waals surface area contributed by atoms with E-state index in [1.807, 2.05) is 0 Å². The van der Waals surface area contributed by atoms with Crippen molar-refractivity contribution in [3.8, 4) is 0 Å². The van der Waals surface area contributed by atoms with Crippen molar-refractivity contribution in [2.75, 3.05) is 18.1 Å². The fraction of sp³-hybridized carbons (Fsp3) is 0.250. The number of hydrogen-bond acceptors (Lipinski definition) is 4. The number of amides is 1. The molecule has 140 valence electrons. The Morgan fingerprint density at radius 2 is 1.96 bits per heavy atom. The van der Waals surface area contributed by atoms with Crippen LogP contribution in [0.1, 0.15) is 25.0 Å². The van der Waals surface area contributed by atoms with E-state index in [1.165, 1.54) is 48.2 Å². The molecule has 3 rings (SSSR count). The molecule has 0 aromatic heterocycles. The Morgan fingerprint density at radius 1 is 1.22 bits per heavy atom. The van der Waals surface area contributed by atoms with Crippen LogP contribution >= 0.6 is 0 Å². The summed E-state index contributed by atoms with van der Waals surface area (Å²) in [7, 11) is 0. The van der Waals surface area contributed by atoms with E-state index in [-0.39, 0.29) is 35.7 Å². The number of hydrogen-bond donors (Lipinski definition) is 0. The van der Waals surface area contributed by atoms with Gasteiger partial charge in [-0.2, -0.15) is 0 Å². The van der Waals surface area contributed by atoms with Crippen LogP contribution in [0.2, 0.25) is 0 Å². The molecule has 0 bridgehead atoms. The minimum absolute atomic E-state index is 0.155. The van der Waals surface area contributed by atoms with Gasteiger partial charge in [0.15, 0.2) is 0 Å². The first-order valence-electron chi connectivity index (χ1n) is 8.52. The van der Waals surface area contributed by atoms with Crippen molar-refractivity contribution in [2.45, 2.75) is 19.9 Å². The minimum atomic E-state index is -0.933. The van der Waals surface area contributed by atoms with E-state index >= 15 is 0 Å². The number of rotatable bonds is 4. The van der Waals surface area contributed by atoms with Crippen molar-refractivity contribution >= 4 is 23.3 Å². The van der Waals surface area contributed by atoms with E-state index in [4.69, 9.17) is 4.74 Å². The smallest absolute Gasteiger partial charge is 0.328 e. The molecule has 0 fully saturated rings. The third kappa shape index (κ3) is 3.58. The molecule has 7 heteroatoms. The van der Waals surface area contributed by atoms with Crippen LogP contribution < -0.4 is 4.90 Å². The summed E-state index contributed by atoms with van der Waals surface area (Å²) in [5.41, 5.74) is 0.834. The zero-order chi connectivity index (χ0) is 19.6. The summed E-state index contributed by atoms with van der Waals surface area (Å²) in [5, 5.41) is 0. The van der Waals surface area contributed by atoms with Crippen molar-refractivity contribution < 1.29 is 23.1 Å². The number of anilines is 1. The van der Waals surface area contributed by atoms with Gasteiger partial charge in [0.2, 0.25) is 5.91 Å². The fourth-order valence-electron chi connectivity index (χ4n) is 3.03. The van der Waals surface area contributed by atoms with Crippen molar-refractivity contribution in [3.63, 3.8) is 0 Å². The highest BCUT2D eigenvalue weighted by Crippen LogP contribution is 2.30. The molecule has 5 nitrogen and oxygen atoms in total. The Labute approximate surface area is 155 Å². The highest BCUT2D eigenvalue weighted by molar-refractivity contribution is 6.20. The number of esters is 1. The number of halogens is 2.